The lowest BCUT2D eigenvalue weighted by atomic mass is 10.2. The predicted molar refractivity (Wildman–Crippen MR) is 59.9 cm³/mol. The van der Waals surface area contributed by atoms with Crippen LogP contribution in [0.4, 0.5) is 4.79 Å². The van der Waals surface area contributed by atoms with Crippen molar-refractivity contribution >= 4 is 18.0 Å². The van der Waals surface area contributed by atoms with Gasteiger partial charge in [0.25, 0.3) is 0 Å². The Balaban J connectivity index is 2.82. The van der Waals surface area contributed by atoms with Crippen LogP contribution in [0.5, 0.6) is 0 Å². The van der Waals surface area contributed by atoms with Gasteiger partial charge < -0.3 is 14.6 Å². The molecule has 1 fully saturated rings. The molecule has 102 valence electrons. The lowest BCUT2D eigenvalue weighted by Crippen LogP contribution is -2.48. The molecule has 7 heteroatoms. The fourth-order valence-corrected chi connectivity index (χ4v) is 2.02. The zero-order chi connectivity index (χ0) is 13.7. The van der Waals surface area contributed by atoms with Crippen LogP contribution in [0.15, 0.2) is 0 Å². The van der Waals surface area contributed by atoms with Crippen molar-refractivity contribution in [1.82, 2.24) is 4.90 Å². The molecule has 0 spiro atoms. The van der Waals surface area contributed by atoms with E-state index in [0.717, 1.165) is 4.90 Å². The van der Waals surface area contributed by atoms with Crippen LogP contribution in [0.2, 0.25) is 0 Å². The first kappa shape index (κ1) is 14.3. The van der Waals surface area contributed by atoms with Crippen LogP contribution >= 0.6 is 0 Å². The summed E-state index contributed by atoms with van der Waals surface area (Å²) in [5, 5.41) is 9.10. The van der Waals surface area contributed by atoms with E-state index in [2.05, 4.69) is 0 Å². The molecule has 0 aromatic carbocycles. The van der Waals surface area contributed by atoms with Gasteiger partial charge in [0.2, 0.25) is 0 Å². The second-order valence-electron chi connectivity index (χ2n) is 3.80. The van der Waals surface area contributed by atoms with Gasteiger partial charge in [-0.25, -0.2) is 14.4 Å². The van der Waals surface area contributed by atoms with Crippen molar-refractivity contribution in [3.05, 3.63) is 0 Å². The van der Waals surface area contributed by atoms with E-state index in [9.17, 15) is 14.4 Å². The van der Waals surface area contributed by atoms with Gasteiger partial charge in [0.05, 0.1) is 13.2 Å². The number of nitrogens with zero attached hydrogens (tertiary/aromatic N) is 1. The standard InChI is InChI=1S/C11H17NO6/c1-3-17-9(13)7-5-6-8(10(14)18-4-2)12(7)11(15)16/h7-8H,3-6H2,1-2H3,(H,15,16). The van der Waals surface area contributed by atoms with E-state index in [1.54, 1.807) is 13.8 Å². The second kappa shape index (κ2) is 6.23. The molecule has 2 unspecified atom stereocenters. The van der Waals surface area contributed by atoms with E-state index >= 15 is 0 Å². The largest absolute Gasteiger partial charge is 0.465 e. The van der Waals surface area contributed by atoms with Gasteiger partial charge in [0.15, 0.2) is 0 Å². The third kappa shape index (κ3) is 2.91. The molecule has 18 heavy (non-hydrogen) atoms. The van der Waals surface area contributed by atoms with Crippen LogP contribution in [0.3, 0.4) is 0 Å². The third-order valence-corrected chi connectivity index (χ3v) is 2.72. The summed E-state index contributed by atoms with van der Waals surface area (Å²) in [6.07, 6.45) is -0.771. The highest BCUT2D eigenvalue weighted by Crippen LogP contribution is 2.26. The number of ether oxygens (including phenoxy) is 2. The second-order valence-corrected chi connectivity index (χ2v) is 3.80. The number of amides is 1. The summed E-state index contributed by atoms with van der Waals surface area (Å²) in [7, 11) is 0. The Morgan fingerprint density at radius 3 is 1.72 bits per heavy atom. The molecule has 0 saturated carbocycles. The van der Waals surface area contributed by atoms with Gasteiger partial charge in [-0.2, -0.15) is 0 Å². The maximum Gasteiger partial charge on any atom is 0.408 e. The molecule has 1 aliphatic rings. The van der Waals surface area contributed by atoms with Gasteiger partial charge >= 0.3 is 18.0 Å². The van der Waals surface area contributed by atoms with Crippen LogP contribution < -0.4 is 0 Å². The lowest BCUT2D eigenvalue weighted by Gasteiger charge is -2.24. The maximum atomic E-state index is 11.6. The summed E-state index contributed by atoms with van der Waals surface area (Å²) in [6.45, 7) is 3.63. The van der Waals surface area contributed by atoms with Gasteiger partial charge in [-0.3, -0.25) is 4.90 Å². The number of carbonyl (C=O) groups is 3. The van der Waals surface area contributed by atoms with E-state index in [1.807, 2.05) is 0 Å². The smallest absolute Gasteiger partial charge is 0.408 e. The number of rotatable bonds is 4. The van der Waals surface area contributed by atoms with Crippen molar-refractivity contribution in [2.24, 2.45) is 0 Å². The topological polar surface area (TPSA) is 93.1 Å². The van der Waals surface area contributed by atoms with E-state index in [4.69, 9.17) is 14.6 Å². The molecular weight excluding hydrogens is 242 g/mol. The molecule has 1 amide bonds. The number of hydrogen-bond acceptors (Lipinski definition) is 5. The fourth-order valence-electron chi connectivity index (χ4n) is 2.02. The minimum atomic E-state index is -1.32. The molecule has 1 heterocycles. The Hall–Kier alpha value is -1.79. The molecule has 0 aromatic rings. The molecule has 1 rings (SSSR count). The molecule has 2 atom stereocenters. The highest BCUT2D eigenvalue weighted by molar-refractivity contribution is 5.87. The number of hydrogen-bond donors (Lipinski definition) is 1. The van der Waals surface area contributed by atoms with E-state index in [0.29, 0.717) is 0 Å². The molecule has 0 radical (unpaired) electrons. The lowest BCUT2D eigenvalue weighted by molar-refractivity contribution is -0.152. The Kier molecular flexibility index (Phi) is 4.94. The zero-order valence-electron chi connectivity index (χ0n) is 10.4. The summed E-state index contributed by atoms with van der Waals surface area (Å²) >= 11 is 0. The number of carbonyl (C=O) groups excluding carboxylic acids is 2. The normalized spacial score (nSPS) is 22.7. The molecule has 7 nitrogen and oxygen atoms in total. The summed E-state index contributed by atoms with van der Waals surface area (Å²) in [4.78, 5) is 35.2. The summed E-state index contributed by atoms with van der Waals surface area (Å²) in [6, 6.07) is -1.84. The number of esters is 2. The van der Waals surface area contributed by atoms with Crippen molar-refractivity contribution in [3.63, 3.8) is 0 Å². The first-order valence-corrected chi connectivity index (χ1v) is 5.87. The van der Waals surface area contributed by atoms with Gasteiger partial charge in [0.1, 0.15) is 12.1 Å². The summed E-state index contributed by atoms with van der Waals surface area (Å²) in [5.41, 5.74) is 0. The quantitative estimate of drug-likeness (QED) is 0.744. The Labute approximate surface area is 105 Å². The zero-order valence-corrected chi connectivity index (χ0v) is 10.4. The summed E-state index contributed by atoms with van der Waals surface area (Å²) in [5.74, 6) is -1.24. The van der Waals surface area contributed by atoms with E-state index < -0.39 is 30.1 Å². The van der Waals surface area contributed by atoms with Crippen molar-refractivity contribution in [2.75, 3.05) is 13.2 Å². The minimum Gasteiger partial charge on any atom is -0.465 e. The van der Waals surface area contributed by atoms with E-state index in [-0.39, 0.29) is 26.1 Å². The van der Waals surface area contributed by atoms with Crippen LogP contribution in [0.1, 0.15) is 26.7 Å². The first-order chi connectivity index (χ1) is 8.52. The Morgan fingerprint density at radius 1 is 1.06 bits per heavy atom. The molecule has 1 saturated heterocycles. The van der Waals surface area contributed by atoms with Gasteiger partial charge in [-0.05, 0) is 26.7 Å². The summed E-state index contributed by atoms with van der Waals surface area (Å²) < 4.78 is 9.60. The van der Waals surface area contributed by atoms with Crippen molar-refractivity contribution < 1.29 is 29.0 Å². The van der Waals surface area contributed by atoms with Crippen molar-refractivity contribution in [3.8, 4) is 0 Å². The monoisotopic (exact) mass is 259 g/mol. The number of likely N-dealkylation sites (tertiary alicyclic amines) is 1. The molecule has 0 aromatic heterocycles. The first-order valence-electron chi connectivity index (χ1n) is 5.87. The fraction of sp³-hybridized carbons (Fsp3) is 0.727. The van der Waals surface area contributed by atoms with Gasteiger partial charge in [-0.1, -0.05) is 0 Å². The maximum absolute atomic E-state index is 11.6. The highest BCUT2D eigenvalue weighted by atomic mass is 16.5. The SMILES string of the molecule is CCOC(=O)C1CCC(C(=O)OCC)N1C(=O)O. The van der Waals surface area contributed by atoms with Crippen LogP contribution in [-0.2, 0) is 19.1 Å². The van der Waals surface area contributed by atoms with Crippen LogP contribution in [0.25, 0.3) is 0 Å². The molecular formula is C11H17NO6. The molecule has 1 aliphatic heterocycles. The average Bonchev–Trinajstić information content (AvgIpc) is 2.74. The third-order valence-electron chi connectivity index (χ3n) is 2.72. The van der Waals surface area contributed by atoms with E-state index in [1.165, 1.54) is 0 Å². The predicted octanol–water partition coefficient (Wildman–Crippen LogP) is 0.624. The minimum absolute atomic E-state index is 0.173. The van der Waals surface area contributed by atoms with Crippen molar-refractivity contribution in [2.45, 2.75) is 38.8 Å². The molecule has 0 aliphatic carbocycles. The highest BCUT2D eigenvalue weighted by Gasteiger charge is 2.45. The van der Waals surface area contributed by atoms with Gasteiger partial charge in [-0.15, -0.1) is 0 Å². The Bertz CT molecular complexity index is 316. The average molecular weight is 259 g/mol. The van der Waals surface area contributed by atoms with Crippen molar-refractivity contribution in [1.29, 1.82) is 0 Å². The number of carboxylic acid groups (broad SMARTS) is 1. The van der Waals surface area contributed by atoms with Gasteiger partial charge in [0, 0.05) is 0 Å². The Morgan fingerprint density at radius 2 is 1.44 bits per heavy atom. The molecule has 1 N–H and O–H groups in total. The van der Waals surface area contributed by atoms with Crippen LogP contribution in [-0.4, -0.2) is 53.3 Å². The molecule has 0 bridgehead atoms. The van der Waals surface area contributed by atoms with Crippen LogP contribution in [0, 0.1) is 0 Å².